The number of hydrogen-bond donors (Lipinski definition) is 0. The fourth-order valence-corrected chi connectivity index (χ4v) is 3.00. The summed E-state index contributed by atoms with van der Waals surface area (Å²) in [7, 11) is 4.84. The predicted octanol–water partition coefficient (Wildman–Crippen LogP) is 3.28. The van der Waals surface area contributed by atoms with Crippen molar-refractivity contribution >= 4 is 0 Å². The summed E-state index contributed by atoms with van der Waals surface area (Å²) in [5.74, 6) is 1.76. The molecule has 0 aromatic heterocycles. The molecule has 0 aliphatic rings. The molecule has 0 aliphatic heterocycles. The first-order chi connectivity index (χ1) is 9.83. The molecule has 0 saturated heterocycles. The molecule has 0 spiro atoms. The van der Waals surface area contributed by atoms with Gasteiger partial charge in [-0.1, -0.05) is 66.2 Å². The van der Waals surface area contributed by atoms with E-state index in [1.54, 1.807) is 0 Å². The molecular weight excluding hydrogens is 290 g/mol. The van der Waals surface area contributed by atoms with Gasteiger partial charge in [-0.2, -0.15) is 0 Å². The van der Waals surface area contributed by atoms with Crippen LogP contribution in [0, 0.1) is 11.8 Å². The zero-order valence-corrected chi connectivity index (χ0v) is 17.2. The maximum atomic E-state index is 2.42. The Balaban J connectivity index is 0. The van der Waals surface area contributed by atoms with Crippen LogP contribution < -0.4 is 12.4 Å². The molecule has 0 bridgehead atoms. The lowest BCUT2D eigenvalue weighted by Crippen LogP contribution is -3.00. The van der Waals surface area contributed by atoms with Crippen LogP contribution in [0.2, 0.25) is 0 Å². The Labute approximate surface area is 148 Å². The van der Waals surface area contributed by atoms with Crippen LogP contribution in [-0.4, -0.2) is 31.7 Å². The van der Waals surface area contributed by atoms with Crippen LogP contribution in [-0.2, 0) is 0 Å². The number of hydrogen-bond acceptors (Lipinski definition) is 0. The molecule has 136 valence electrons. The summed E-state index contributed by atoms with van der Waals surface area (Å²) in [6, 6.07) is 0. The molecular formula is C20H44ClN. The molecule has 22 heavy (non-hydrogen) atoms. The zero-order valence-electron chi connectivity index (χ0n) is 16.5. The topological polar surface area (TPSA) is 0 Å². The van der Waals surface area contributed by atoms with Crippen molar-refractivity contribution in [2.45, 2.75) is 91.9 Å². The lowest BCUT2D eigenvalue weighted by atomic mass is 10.0. The second-order valence-corrected chi connectivity index (χ2v) is 8.58. The van der Waals surface area contributed by atoms with Crippen LogP contribution in [0.1, 0.15) is 91.9 Å². The molecule has 2 heteroatoms. The molecule has 0 atom stereocenters. The van der Waals surface area contributed by atoms with Gasteiger partial charge in [0.2, 0.25) is 0 Å². The Morgan fingerprint density at radius 3 is 1.18 bits per heavy atom. The Hall–Kier alpha value is 0.250. The van der Waals surface area contributed by atoms with Crippen molar-refractivity contribution in [3.8, 4) is 0 Å². The number of nitrogens with zero attached hydrogens (tertiary/aromatic N) is 1. The maximum absolute atomic E-state index is 2.42. The third-order valence-corrected chi connectivity index (χ3v) is 4.59. The van der Waals surface area contributed by atoms with E-state index in [1.807, 2.05) is 0 Å². The van der Waals surface area contributed by atoms with Crippen molar-refractivity contribution in [1.29, 1.82) is 0 Å². The van der Waals surface area contributed by atoms with Crippen molar-refractivity contribution in [2.24, 2.45) is 11.8 Å². The predicted molar refractivity (Wildman–Crippen MR) is 97.7 cm³/mol. The quantitative estimate of drug-likeness (QED) is 0.338. The van der Waals surface area contributed by atoms with E-state index in [2.05, 4.69) is 41.8 Å². The SMILES string of the molecule is CC(C)CCCCCC[N+](C)(C)CCCCCCC(C)C.[Cl-]. The summed E-state index contributed by atoms with van der Waals surface area (Å²) in [6.07, 6.45) is 14.3. The van der Waals surface area contributed by atoms with Gasteiger partial charge in [-0.25, -0.2) is 0 Å². The van der Waals surface area contributed by atoms with E-state index < -0.39 is 0 Å². The van der Waals surface area contributed by atoms with E-state index in [0.29, 0.717) is 0 Å². The highest BCUT2D eigenvalue weighted by molar-refractivity contribution is 4.50. The van der Waals surface area contributed by atoms with E-state index in [0.717, 1.165) is 11.8 Å². The normalized spacial score (nSPS) is 12.0. The Morgan fingerprint density at radius 1 is 0.545 bits per heavy atom. The average Bonchev–Trinajstić information content (AvgIpc) is 2.37. The maximum Gasteiger partial charge on any atom is 0.0782 e. The Bertz CT molecular complexity index is 202. The van der Waals surface area contributed by atoms with Gasteiger partial charge in [0, 0.05) is 0 Å². The van der Waals surface area contributed by atoms with Crippen LogP contribution in [0.5, 0.6) is 0 Å². The molecule has 0 aromatic carbocycles. The summed E-state index contributed by atoms with van der Waals surface area (Å²) >= 11 is 0. The second kappa shape index (κ2) is 14.8. The van der Waals surface area contributed by atoms with E-state index >= 15 is 0 Å². The highest BCUT2D eigenvalue weighted by Crippen LogP contribution is 2.13. The van der Waals surface area contributed by atoms with E-state index in [-0.39, 0.29) is 12.4 Å². The Kier molecular flexibility index (Phi) is 16.5. The Morgan fingerprint density at radius 2 is 0.864 bits per heavy atom. The minimum atomic E-state index is 0. The summed E-state index contributed by atoms with van der Waals surface area (Å²) in [5, 5.41) is 0. The average molecular weight is 334 g/mol. The van der Waals surface area contributed by atoms with Crippen LogP contribution >= 0.6 is 0 Å². The smallest absolute Gasteiger partial charge is 0.0782 e. The molecule has 0 heterocycles. The van der Waals surface area contributed by atoms with Gasteiger partial charge >= 0.3 is 0 Å². The first kappa shape index (κ1) is 24.5. The van der Waals surface area contributed by atoms with E-state index in [1.165, 1.54) is 81.8 Å². The molecule has 0 amide bonds. The fourth-order valence-electron chi connectivity index (χ4n) is 3.00. The molecule has 0 aliphatic carbocycles. The van der Waals surface area contributed by atoms with Crippen molar-refractivity contribution in [3.63, 3.8) is 0 Å². The fraction of sp³-hybridized carbons (Fsp3) is 1.00. The van der Waals surface area contributed by atoms with Gasteiger partial charge in [0.05, 0.1) is 27.2 Å². The highest BCUT2D eigenvalue weighted by atomic mass is 35.5. The molecule has 0 rings (SSSR count). The summed E-state index contributed by atoms with van der Waals surface area (Å²) in [5.41, 5.74) is 0. The number of halogens is 1. The molecule has 1 nitrogen and oxygen atoms in total. The van der Waals surface area contributed by atoms with Crippen molar-refractivity contribution < 1.29 is 16.9 Å². The number of rotatable bonds is 14. The molecule has 0 aromatic rings. The molecule has 0 fully saturated rings. The van der Waals surface area contributed by atoms with Crippen molar-refractivity contribution in [3.05, 3.63) is 0 Å². The largest absolute Gasteiger partial charge is 1.00 e. The number of quaternary nitrogens is 1. The van der Waals surface area contributed by atoms with Crippen LogP contribution in [0.25, 0.3) is 0 Å². The lowest BCUT2D eigenvalue weighted by molar-refractivity contribution is -0.890. The summed E-state index contributed by atoms with van der Waals surface area (Å²) in [4.78, 5) is 0. The van der Waals surface area contributed by atoms with Gasteiger partial charge in [0.15, 0.2) is 0 Å². The van der Waals surface area contributed by atoms with Gasteiger partial charge in [-0.3, -0.25) is 0 Å². The van der Waals surface area contributed by atoms with Gasteiger partial charge < -0.3 is 16.9 Å². The third-order valence-electron chi connectivity index (χ3n) is 4.59. The van der Waals surface area contributed by atoms with Crippen molar-refractivity contribution in [1.82, 2.24) is 0 Å². The number of unbranched alkanes of at least 4 members (excludes halogenated alkanes) is 6. The summed E-state index contributed by atoms with van der Waals surface area (Å²) < 4.78 is 1.23. The van der Waals surface area contributed by atoms with Crippen LogP contribution in [0.4, 0.5) is 0 Å². The van der Waals surface area contributed by atoms with E-state index in [9.17, 15) is 0 Å². The molecule has 0 radical (unpaired) electrons. The van der Waals surface area contributed by atoms with Gasteiger partial charge in [0.1, 0.15) is 0 Å². The minimum absolute atomic E-state index is 0. The van der Waals surface area contributed by atoms with Gasteiger partial charge in [-0.15, -0.1) is 0 Å². The molecule has 0 saturated carbocycles. The van der Waals surface area contributed by atoms with Crippen LogP contribution in [0.3, 0.4) is 0 Å². The monoisotopic (exact) mass is 333 g/mol. The highest BCUT2D eigenvalue weighted by Gasteiger charge is 2.13. The van der Waals surface area contributed by atoms with E-state index in [4.69, 9.17) is 0 Å². The molecule has 0 N–H and O–H groups in total. The standard InChI is InChI=1S/C20H44N.ClH/c1-19(2)15-11-7-9-13-17-21(5,6)18-14-10-8-12-16-20(3)4;/h19-20H,7-18H2,1-6H3;1H/q+1;/p-1. The van der Waals surface area contributed by atoms with Gasteiger partial charge in [0.25, 0.3) is 0 Å². The minimum Gasteiger partial charge on any atom is -1.00 e. The first-order valence-electron chi connectivity index (χ1n) is 9.65. The van der Waals surface area contributed by atoms with Crippen molar-refractivity contribution in [2.75, 3.05) is 27.2 Å². The third kappa shape index (κ3) is 18.3. The van der Waals surface area contributed by atoms with Crippen LogP contribution in [0.15, 0.2) is 0 Å². The second-order valence-electron chi connectivity index (χ2n) is 8.58. The summed E-state index contributed by atoms with van der Waals surface area (Å²) in [6.45, 7) is 12.1. The molecule has 0 unspecified atom stereocenters. The lowest BCUT2D eigenvalue weighted by Gasteiger charge is -2.30. The van der Waals surface area contributed by atoms with Gasteiger partial charge in [-0.05, 0) is 37.5 Å². The first-order valence-corrected chi connectivity index (χ1v) is 9.65. The zero-order chi connectivity index (χ0) is 16.1.